The lowest BCUT2D eigenvalue weighted by Gasteiger charge is -2.15. The third-order valence-electron chi connectivity index (χ3n) is 3.12. The third-order valence-corrected chi connectivity index (χ3v) is 4.05. The average molecular weight is 345 g/mol. The number of nitrogens with one attached hydrogen (secondary N) is 1. The zero-order valence-electron chi connectivity index (χ0n) is 12.8. The number of hydrogen-bond donors (Lipinski definition) is 2. The summed E-state index contributed by atoms with van der Waals surface area (Å²) in [6.45, 7) is 1.58. The van der Waals surface area contributed by atoms with Crippen molar-refractivity contribution in [3.05, 3.63) is 54.1 Å². The number of nitrogens with zero attached hydrogens (tertiary/aromatic N) is 1. The van der Waals surface area contributed by atoms with E-state index in [4.69, 9.17) is 15.1 Å². The second kappa shape index (κ2) is 7.12. The van der Waals surface area contributed by atoms with E-state index in [0.29, 0.717) is 17.0 Å². The predicted molar refractivity (Wildman–Crippen MR) is 87.7 cm³/mol. The van der Waals surface area contributed by atoms with Crippen molar-refractivity contribution in [3.8, 4) is 11.8 Å². The molecule has 1 atom stereocenters. The quantitative estimate of drug-likeness (QED) is 0.852. The van der Waals surface area contributed by atoms with Gasteiger partial charge in [0.25, 0.3) is 5.91 Å². The van der Waals surface area contributed by atoms with E-state index in [1.165, 1.54) is 24.3 Å². The number of rotatable bonds is 5. The second-order valence-electron chi connectivity index (χ2n) is 4.95. The summed E-state index contributed by atoms with van der Waals surface area (Å²) in [7, 11) is -3.77. The number of primary sulfonamides is 1. The van der Waals surface area contributed by atoms with Crippen molar-refractivity contribution < 1.29 is 17.9 Å². The highest BCUT2D eigenvalue weighted by Crippen LogP contribution is 2.16. The van der Waals surface area contributed by atoms with Crippen molar-refractivity contribution in [1.82, 2.24) is 0 Å². The lowest BCUT2D eigenvalue weighted by atomic mass is 10.2. The molecule has 24 heavy (non-hydrogen) atoms. The normalized spacial score (nSPS) is 12.0. The van der Waals surface area contributed by atoms with Gasteiger partial charge in [0.05, 0.1) is 16.5 Å². The lowest BCUT2D eigenvalue weighted by molar-refractivity contribution is -0.122. The van der Waals surface area contributed by atoms with E-state index in [1.54, 1.807) is 31.2 Å². The molecule has 124 valence electrons. The molecule has 0 heterocycles. The van der Waals surface area contributed by atoms with Gasteiger partial charge in [-0.3, -0.25) is 4.79 Å². The number of sulfonamides is 1. The van der Waals surface area contributed by atoms with Crippen molar-refractivity contribution in [2.75, 3.05) is 5.32 Å². The van der Waals surface area contributed by atoms with Crippen LogP contribution < -0.4 is 15.2 Å². The topological polar surface area (TPSA) is 122 Å². The molecule has 0 aliphatic carbocycles. The number of anilines is 1. The summed E-state index contributed by atoms with van der Waals surface area (Å²) in [6.07, 6.45) is -0.782. The van der Waals surface area contributed by atoms with Gasteiger partial charge in [0.15, 0.2) is 6.10 Å². The van der Waals surface area contributed by atoms with Crippen LogP contribution in [-0.2, 0) is 14.8 Å². The Morgan fingerprint density at radius 2 is 1.75 bits per heavy atom. The fourth-order valence-electron chi connectivity index (χ4n) is 1.84. The van der Waals surface area contributed by atoms with E-state index in [0.717, 1.165) is 0 Å². The number of nitrogens with two attached hydrogens (primary N) is 1. The van der Waals surface area contributed by atoms with Crippen LogP contribution in [0.15, 0.2) is 53.4 Å². The maximum Gasteiger partial charge on any atom is 0.265 e. The van der Waals surface area contributed by atoms with E-state index in [2.05, 4.69) is 5.32 Å². The van der Waals surface area contributed by atoms with Gasteiger partial charge in [-0.15, -0.1) is 0 Å². The molecule has 0 saturated carbocycles. The summed E-state index contributed by atoms with van der Waals surface area (Å²) >= 11 is 0. The van der Waals surface area contributed by atoms with Gasteiger partial charge in [-0.05, 0) is 55.5 Å². The Labute approximate surface area is 139 Å². The van der Waals surface area contributed by atoms with E-state index in [-0.39, 0.29) is 4.90 Å². The van der Waals surface area contributed by atoms with Gasteiger partial charge in [-0.2, -0.15) is 5.26 Å². The monoisotopic (exact) mass is 345 g/mol. The van der Waals surface area contributed by atoms with Crippen molar-refractivity contribution >= 4 is 21.6 Å². The number of carbonyl (C=O) groups is 1. The Kier molecular flexibility index (Phi) is 5.18. The maximum atomic E-state index is 12.1. The van der Waals surface area contributed by atoms with Gasteiger partial charge in [0.1, 0.15) is 5.75 Å². The molecule has 2 rings (SSSR count). The van der Waals surface area contributed by atoms with Gasteiger partial charge in [0, 0.05) is 5.69 Å². The highest BCUT2D eigenvalue weighted by atomic mass is 32.2. The fraction of sp³-hybridized carbons (Fsp3) is 0.125. The summed E-state index contributed by atoms with van der Waals surface area (Å²) in [5.74, 6) is 0.0592. The van der Waals surface area contributed by atoms with Crippen molar-refractivity contribution in [1.29, 1.82) is 5.26 Å². The molecule has 0 aromatic heterocycles. The molecule has 0 spiro atoms. The first kappa shape index (κ1) is 17.5. The molecule has 8 heteroatoms. The SMILES string of the molecule is CC(Oc1ccc(C#N)cc1)C(=O)Nc1ccc(S(N)(=O)=O)cc1. The molecular weight excluding hydrogens is 330 g/mol. The van der Waals surface area contributed by atoms with Gasteiger partial charge in [-0.25, -0.2) is 13.6 Å². The molecule has 1 amide bonds. The molecule has 0 aliphatic heterocycles. The average Bonchev–Trinajstić information content (AvgIpc) is 2.55. The van der Waals surface area contributed by atoms with Gasteiger partial charge in [-0.1, -0.05) is 0 Å². The summed E-state index contributed by atoms with van der Waals surface area (Å²) in [5.41, 5.74) is 0.914. The Bertz CT molecular complexity index is 869. The maximum absolute atomic E-state index is 12.1. The molecular formula is C16H15N3O4S. The van der Waals surface area contributed by atoms with Gasteiger partial charge < -0.3 is 10.1 Å². The van der Waals surface area contributed by atoms with Crippen LogP contribution in [0.4, 0.5) is 5.69 Å². The smallest absolute Gasteiger partial charge is 0.265 e. The van der Waals surface area contributed by atoms with Gasteiger partial charge in [0.2, 0.25) is 10.0 Å². The molecule has 0 bridgehead atoms. The number of nitriles is 1. The van der Waals surface area contributed by atoms with Crippen LogP contribution in [0.25, 0.3) is 0 Å². The first-order valence-corrected chi connectivity index (χ1v) is 8.45. The highest BCUT2D eigenvalue weighted by molar-refractivity contribution is 7.89. The van der Waals surface area contributed by atoms with Crippen molar-refractivity contribution in [3.63, 3.8) is 0 Å². The summed E-state index contributed by atoms with van der Waals surface area (Å²) in [6, 6.07) is 13.8. The molecule has 1 unspecified atom stereocenters. The number of ether oxygens (including phenoxy) is 1. The van der Waals surface area contributed by atoms with E-state index < -0.39 is 22.0 Å². The fourth-order valence-corrected chi connectivity index (χ4v) is 2.35. The lowest BCUT2D eigenvalue weighted by Crippen LogP contribution is -2.30. The predicted octanol–water partition coefficient (Wildman–Crippen LogP) is 1.61. The van der Waals surface area contributed by atoms with Crippen LogP contribution in [0.3, 0.4) is 0 Å². The molecule has 0 fully saturated rings. The standard InChI is InChI=1S/C16H15N3O4S/c1-11(23-14-6-2-12(10-17)3-7-14)16(20)19-13-4-8-15(9-5-13)24(18,21)22/h2-9,11H,1H3,(H,19,20)(H2,18,21,22). The van der Waals surface area contributed by atoms with E-state index in [9.17, 15) is 13.2 Å². The minimum atomic E-state index is -3.77. The first-order chi connectivity index (χ1) is 11.3. The van der Waals surface area contributed by atoms with E-state index >= 15 is 0 Å². The molecule has 7 nitrogen and oxygen atoms in total. The Hall–Kier alpha value is -2.89. The second-order valence-corrected chi connectivity index (χ2v) is 6.52. The van der Waals surface area contributed by atoms with Crippen molar-refractivity contribution in [2.24, 2.45) is 5.14 Å². The molecule has 0 aliphatic rings. The van der Waals surface area contributed by atoms with Crippen molar-refractivity contribution in [2.45, 2.75) is 17.9 Å². The van der Waals surface area contributed by atoms with Crippen LogP contribution >= 0.6 is 0 Å². The summed E-state index contributed by atoms with van der Waals surface area (Å²) < 4.78 is 27.8. The van der Waals surface area contributed by atoms with E-state index in [1.807, 2.05) is 6.07 Å². The van der Waals surface area contributed by atoms with Crippen LogP contribution in [0.1, 0.15) is 12.5 Å². The summed E-state index contributed by atoms with van der Waals surface area (Å²) in [4.78, 5) is 12.1. The minimum absolute atomic E-state index is 0.0395. The molecule has 2 aromatic rings. The number of hydrogen-bond acceptors (Lipinski definition) is 5. The largest absolute Gasteiger partial charge is 0.481 e. The molecule has 0 saturated heterocycles. The number of benzene rings is 2. The molecule has 3 N–H and O–H groups in total. The summed E-state index contributed by atoms with van der Waals surface area (Å²) in [5, 5.41) is 16.4. The Balaban J connectivity index is 1.99. The third kappa shape index (κ3) is 4.55. The van der Waals surface area contributed by atoms with Crippen LogP contribution in [0, 0.1) is 11.3 Å². The Morgan fingerprint density at radius 1 is 1.17 bits per heavy atom. The first-order valence-electron chi connectivity index (χ1n) is 6.90. The zero-order valence-corrected chi connectivity index (χ0v) is 13.6. The minimum Gasteiger partial charge on any atom is -0.481 e. The van der Waals surface area contributed by atoms with Crippen LogP contribution in [-0.4, -0.2) is 20.4 Å². The molecule has 0 radical (unpaired) electrons. The number of amides is 1. The van der Waals surface area contributed by atoms with Gasteiger partial charge >= 0.3 is 0 Å². The number of carbonyl (C=O) groups excluding carboxylic acids is 1. The Morgan fingerprint density at radius 3 is 2.25 bits per heavy atom. The van der Waals surface area contributed by atoms with Crippen LogP contribution in [0.5, 0.6) is 5.75 Å². The molecule has 2 aromatic carbocycles. The van der Waals surface area contributed by atoms with Crippen LogP contribution in [0.2, 0.25) is 0 Å². The highest BCUT2D eigenvalue weighted by Gasteiger charge is 2.15. The zero-order chi connectivity index (χ0) is 17.7.